The molecule has 2 aromatic carbocycles. The van der Waals surface area contributed by atoms with E-state index in [0.717, 1.165) is 4.90 Å². The van der Waals surface area contributed by atoms with Crippen molar-refractivity contribution in [3.05, 3.63) is 83.8 Å². The van der Waals surface area contributed by atoms with Crippen LogP contribution in [0.3, 0.4) is 0 Å². The molecule has 3 aromatic rings. The number of fused-ring (bicyclic) bond motifs is 1. The molecular weight excluding hydrogens is 372 g/mol. The molecule has 0 saturated heterocycles. The average molecular weight is 390 g/mol. The van der Waals surface area contributed by atoms with Crippen LogP contribution in [0.15, 0.2) is 71.3 Å². The van der Waals surface area contributed by atoms with Crippen LogP contribution in [0.1, 0.15) is 38.2 Å². The van der Waals surface area contributed by atoms with Crippen molar-refractivity contribution in [3.63, 3.8) is 0 Å². The first-order valence-electron chi connectivity index (χ1n) is 9.13. The van der Waals surface area contributed by atoms with E-state index >= 15 is 0 Å². The largest absolute Gasteiger partial charge is 0.494 e. The highest BCUT2D eigenvalue weighted by Crippen LogP contribution is 2.26. The van der Waals surface area contributed by atoms with Gasteiger partial charge in [-0.3, -0.25) is 24.2 Å². The average Bonchev–Trinajstić information content (AvgIpc) is 3.36. The number of benzene rings is 2. The number of carbonyl (C=O) groups is 3. The van der Waals surface area contributed by atoms with Gasteiger partial charge >= 0.3 is 0 Å². The predicted octanol–water partition coefficient (Wildman–Crippen LogP) is 3.58. The first-order chi connectivity index (χ1) is 14.1. The maximum Gasteiger partial charge on any atom is 0.295 e. The molecule has 29 heavy (non-hydrogen) atoms. The molecule has 1 aliphatic heterocycles. The van der Waals surface area contributed by atoms with Gasteiger partial charge in [0.15, 0.2) is 5.76 Å². The van der Waals surface area contributed by atoms with E-state index in [9.17, 15) is 14.4 Å². The van der Waals surface area contributed by atoms with Gasteiger partial charge in [-0.05, 0) is 55.5 Å². The van der Waals surface area contributed by atoms with E-state index in [1.165, 1.54) is 17.2 Å². The van der Waals surface area contributed by atoms with Crippen molar-refractivity contribution in [3.8, 4) is 5.75 Å². The van der Waals surface area contributed by atoms with Gasteiger partial charge in [0.1, 0.15) is 12.4 Å². The molecule has 0 spiro atoms. The Morgan fingerprint density at radius 2 is 1.62 bits per heavy atom. The smallest absolute Gasteiger partial charge is 0.295 e. The number of imide groups is 1. The van der Waals surface area contributed by atoms with E-state index < -0.39 is 17.7 Å². The number of ether oxygens (including phenoxy) is 1. The summed E-state index contributed by atoms with van der Waals surface area (Å²) in [5, 5.41) is 0. The van der Waals surface area contributed by atoms with E-state index in [1.807, 2.05) is 6.92 Å². The standard InChI is InChI=1S/C22H18N2O5/c1-2-28-16-11-9-15(10-12-16)23(22(27)19-8-5-13-29-19)14-24-20(25)17-6-3-4-7-18(17)21(24)26/h3-13H,2,14H2,1H3. The monoisotopic (exact) mass is 390 g/mol. The lowest BCUT2D eigenvalue weighted by Crippen LogP contribution is -2.44. The van der Waals surface area contributed by atoms with Gasteiger partial charge < -0.3 is 9.15 Å². The lowest BCUT2D eigenvalue weighted by molar-refractivity contribution is 0.0649. The van der Waals surface area contributed by atoms with Crippen LogP contribution >= 0.6 is 0 Å². The molecule has 1 aliphatic rings. The summed E-state index contributed by atoms with van der Waals surface area (Å²) in [6.45, 7) is 2.16. The predicted molar refractivity (Wildman–Crippen MR) is 105 cm³/mol. The Balaban J connectivity index is 1.67. The van der Waals surface area contributed by atoms with Gasteiger partial charge in [0, 0.05) is 5.69 Å². The normalized spacial score (nSPS) is 12.8. The number of anilines is 1. The minimum atomic E-state index is -0.462. The van der Waals surface area contributed by atoms with Gasteiger partial charge in [0.2, 0.25) is 0 Å². The number of hydrogen-bond acceptors (Lipinski definition) is 5. The molecule has 0 N–H and O–H groups in total. The molecule has 146 valence electrons. The van der Waals surface area contributed by atoms with Crippen LogP contribution in [-0.2, 0) is 0 Å². The molecule has 1 aromatic heterocycles. The van der Waals surface area contributed by atoms with E-state index in [2.05, 4.69) is 0 Å². The first-order valence-corrected chi connectivity index (χ1v) is 9.13. The summed E-state index contributed by atoms with van der Waals surface area (Å²) in [6.07, 6.45) is 1.39. The summed E-state index contributed by atoms with van der Waals surface area (Å²) in [5.74, 6) is -0.573. The van der Waals surface area contributed by atoms with Crippen molar-refractivity contribution in [1.82, 2.24) is 4.90 Å². The Bertz CT molecular complexity index is 1020. The number of amides is 3. The SMILES string of the molecule is CCOc1ccc(N(CN2C(=O)c3ccccc3C2=O)C(=O)c2ccco2)cc1. The van der Waals surface area contributed by atoms with E-state index in [-0.39, 0.29) is 12.4 Å². The fourth-order valence-electron chi connectivity index (χ4n) is 3.19. The van der Waals surface area contributed by atoms with Gasteiger partial charge in [-0.15, -0.1) is 0 Å². The molecule has 0 aliphatic carbocycles. The van der Waals surface area contributed by atoms with Crippen LogP contribution in [0.25, 0.3) is 0 Å². The Morgan fingerprint density at radius 3 is 2.17 bits per heavy atom. The van der Waals surface area contributed by atoms with Gasteiger partial charge in [-0.2, -0.15) is 0 Å². The Kier molecular flexibility index (Phi) is 4.87. The highest BCUT2D eigenvalue weighted by molar-refractivity contribution is 6.21. The van der Waals surface area contributed by atoms with Gasteiger partial charge in [-0.25, -0.2) is 0 Å². The van der Waals surface area contributed by atoms with Crippen molar-refractivity contribution < 1.29 is 23.5 Å². The summed E-state index contributed by atoms with van der Waals surface area (Å²) >= 11 is 0. The number of carbonyl (C=O) groups excluding carboxylic acids is 3. The first kappa shape index (κ1) is 18.5. The number of hydrogen-bond donors (Lipinski definition) is 0. The van der Waals surface area contributed by atoms with E-state index in [0.29, 0.717) is 29.2 Å². The Morgan fingerprint density at radius 1 is 0.966 bits per heavy atom. The zero-order chi connectivity index (χ0) is 20.4. The molecular formula is C22H18N2O5. The zero-order valence-corrected chi connectivity index (χ0v) is 15.7. The zero-order valence-electron chi connectivity index (χ0n) is 15.7. The maximum absolute atomic E-state index is 13.0. The molecule has 0 fully saturated rings. The minimum Gasteiger partial charge on any atom is -0.494 e. The molecule has 0 unspecified atom stereocenters. The van der Waals surface area contributed by atoms with Crippen LogP contribution in [-0.4, -0.2) is 35.9 Å². The van der Waals surface area contributed by atoms with Crippen molar-refractivity contribution >= 4 is 23.4 Å². The topological polar surface area (TPSA) is 80.1 Å². The third kappa shape index (κ3) is 3.38. The molecule has 7 heteroatoms. The van der Waals surface area contributed by atoms with Crippen LogP contribution in [0, 0.1) is 0 Å². The van der Waals surface area contributed by atoms with Crippen LogP contribution in [0.2, 0.25) is 0 Å². The Labute approximate surface area is 167 Å². The summed E-state index contributed by atoms with van der Waals surface area (Å²) in [4.78, 5) is 40.9. The molecule has 0 bridgehead atoms. The minimum absolute atomic E-state index is 0.107. The summed E-state index contributed by atoms with van der Waals surface area (Å²) in [5.41, 5.74) is 1.16. The third-order valence-corrected chi connectivity index (χ3v) is 4.60. The highest BCUT2D eigenvalue weighted by atomic mass is 16.5. The highest BCUT2D eigenvalue weighted by Gasteiger charge is 2.37. The van der Waals surface area contributed by atoms with Crippen molar-refractivity contribution in [1.29, 1.82) is 0 Å². The van der Waals surface area contributed by atoms with E-state index in [4.69, 9.17) is 9.15 Å². The molecule has 0 radical (unpaired) electrons. The van der Waals surface area contributed by atoms with Gasteiger partial charge in [0.05, 0.1) is 24.0 Å². The molecule has 7 nitrogen and oxygen atoms in total. The van der Waals surface area contributed by atoms with Gasteiger partial charge in [0.25, 0.3) is 17.7 Å². The van der Waals surface area contributed by atoms with E-state index in [1.54, 1.807) is 54.6 Å². The lowest BCUT2D eigenvalue weighted by Gasteiger charge is -2.26. The molecule has 0 atom stereocenters. The van der Waals surface area contributed by atoms with Crippen LogP contribution in [0.5, 0.6) is 5.75 Å². The number of furan rings is 1. The van der Waals surface area contributed by atoms with Crippen molar-refractivity contribution in [2.24, 2.45) is 0 Å². The second-order valence-electron chi connectivity index (χ2n) is 6.36. The number of nitrogens with zero attached hydrogens (tertiary/aromatic N) is 2. The van der Waals surface area contributed by atoms with Crippen LogP contribution < -0.4 is 9.64 Å². The molecule has 2 heterocycles. The fourth-order valence-corrected chi connectivity index (χ4v) is 3.19. The molecule has 4 rings (SSSR count). The fraction of sp³-hybridized carbons (Fsp3) is 0.136. The second kappa shape index (κ2) is 7.63. The quantitative estimate of drug-likeness (QED) is 0.601. The van der Waals surface area contributed by atoms with Gasteiger partial charge in [-0.1, -0.05) is 12.1 Å². The summed E-state index contributed by atoms with van der Waals surface area (Å²) < 4.78 is 10.7. The second-order valence-corrected chi connectivity index (χ2v) is 6.36. The van der Waals surface area contributed by atoms with Crippen molar-refractivity contribution in [2.45, 2.75) is 6.92 Å². The maximum atomic E-state index is 13.0. The molecule has 3 amide bonds. The summed E-state index contributed by atoms with van der Waals surface area (Å²) in [6, 6.07) is 16.6. The summed E-state index contributed by atoms with van der Waals surface area (Å²) in [7, 11) is 0. The lowest BCUT2D eigenvalue weighted by atomic mass is 10.1. The Hall–Kier alpha value is -3.87. The number of rotatable bonds is 6. The van der Waals surface area contributed by atoms with Crippen molar-refractivity contribution in [2.75, 3.05) is 18.2 Å². The molecule has 0 saturated carbocycles. The third-order valence-electron chi connectivity index (χ3n) is 4.60. The van der Waals surface area contributed by atoms with Crippen LogP contribution in [0.4, 0.5) is 5.69 Å².